The molecule has 0 radical (unpaired) electrons. The molecule has 7 nitrogen and oxygen atoms in total. The second-order valence-corrected chi connectivity index (χ2v) is 8.84. The minimum absolute atomic E-state index is 0.0913. The minimum atomic E-state index is -0.913. The average molecular weight is 488 g/mol. The lowest BCUT2D eigenvalue weighted by Crippen LogP contribution is -2.47. The number of rotatable bonds is 9. The summed E-state index contributed by atoms with van der Waals surface area (Å²) in [5, 5.41) is 3.23. The van der Waals surface area contributed by atoms with Gasteiger partial charge in [-0.15, -0.1) is 0 Å². The van der Waals surface area contributed by atoms with E-state index < -0.39 is 6.04 Å². The molecule has 1 heterocycles. The van der Waals surface area contributed by atoms with Crippen LogP contribution in [0.15, 0.2) is 72.9 Å². The summed E-state index contributed by atoms with van der Waals surface area (Å²) in [6, 6.07) is 18.9. The second-order valence-electron chi connectivity index (χ2n) is 8.84. The van der Waals surface area contributed by atoms with Crippen molar-refractivity contribution in [2.45, 2.75) is 51.1 Å². The van der Waals surface area contributed by atoms with E-state index in [2.05, 4.69) is 10.3 Å². The van der Waals surface area contributed by atoms with Crippen molar-refractivity contribution in [2.24, 2.45) is 0 Å². The molecular weight excluding hydrogens is 454 g/mol. The van der Waals surface area contributed by atoms with Crippen molar-refractivity contribution in [1.29, 1.82) is 0 Å². The maximum atomic E-state index is 13.9. The average Bonchev–Trinajstić information content (AvgIpc) is 2.93. The zero-order chi connectivity index (χ0) is 25.3. The molecule has 1 aliphatic rings. The second kappa shape index (κ2) is 12.2. The number of hydrogen-bond donors (Lipinski definition) is 1. The molecule has 1 saturated carbocycles. The van der Waals surface area contributed by atoms with E-state index in [4.69, 9.17) is 9.47 Å². The topological polar surface area (TPSA) is 80.8 Å². The van der Waals surface area contributed by atoms with Gasteiger partial charge in [-0.2, -0.15) is 0 Å². The highest BCUT2D eigenvalue weighted by Gasteiger charge is 2.35. The van der Waals surface area contributed by atoms with Crippen LogP contribution in [0.4, 0.5) is 5.69 Å². The van der Waals surface area contributed by atoms with E-state index in [1.165, 1.54) is 11.3 Å². The van der Waals surface area contributed by atoms with Crippen molar-refractivity contribution in [3.63, 3.8) is 0 Å². The Kier molecular flexibility index (Phi) is 8.55. The summed E-state index contributed by atoms with van der Waals surface area (Å²) in [5.74, 6) is 0.695. The number of nitrogens with zero attached hydrogens (tertiary/aromatic N) is 2. The van der Waals surface area contributed by atoms with E-state index in [9.17, 15) is 9.59 Å². The van der Waals surface area contributed by atoms with Crippen LogP contribution in [0.25, 0.3) is 0 Å². The van der Waals surface area contributed by atoms with Gasteiger partial charge in [0.25, 0.3) is 5.91 Å². The summed E-state index contributed by atoms with van der Waals surface area (Å²) in [6.45, 7) is 2.46. The number of carbonyl (C=O) groups is 2. The maximum Gasteiger partial charge on any atom is 0.277 e. The normalized spacial score (nSPS) is 14.5. The molecule has 4 rings (SSSR count). The predicted octanol–water partition coefficient (Wildman–Crippen LogP) is 5.33. The van der Waals surface area contributed by atoms with Gasteiger partial charge in [0.15, 0.2) is 0 Å². The van der Waals surface area contributed by atoms with Gasteiger partial charge in [-0.1, -0.05) is 43.5 Å². The summed E-state index contributed by atoms with van der Waals surface area (Å²) < 4.78 is 11.0. The van der Waals surface area contributed by atoms with Crippen molar-refractivity contribution in [3.8, 4) is 11.5 Å². The summed E-state index contributed by atoms with van der Waals surface area (Å²) in [5.41, 5.74) is 1.48. The number of anilines is 1. The highest BCUT2D eigenvalue weighted by Crippen LogP contribution is 2.33. The number of hydrogen-bond acceptors (Lipinski definition) is 5. The van der Waals surface area contributed by atoms with Crippen molar-refractivity contribution in [3.05, 3.63) is 84.2 Å². The van der Waals surface area contributed by atoms with E-state index >= 15 is 0 Å². The van der Waals surface area contributed by atoms with Crippen molar-refractivity contribution in [1.82, 2.24) is 10.3 Å². The molecule has 1 atom stereocenters. The van der Waals surface area contributed by atoms with E-state index in [0.717, 1.165) is 25.7 Å². The van der Waals surface area contributed by atoms with E-state index in [0.29, 0.717) is 29.4 Å². The number of amides is 2. The summed E-state index contributed by atoms with van der Waals surface area (Å²) in [4.78, 5) is 33.7. The van der Waals surface area contributed by atoms with Crippen molar-refractivity contribution >= 4 is 17.5 Å². The summed E-state index contributed by atoms with van der Waals surface area (Å²) in [7, 11) is 1.57. The number of carbonyl (C=O) groups excluding carboxylic acids is 2. The van der Waals surface area contributed by atoms with Crippen molar-refractivity contribution in [2.75, 3.05) is 18.6 Å². The number of nitrogens with one attached hydrogen (secondary N) is 1. The summed E-state index contributed by atoms with van der Waals surface area (Å²) >= 11 is 0. The molecular formula is C29H33N3O4. The van der Waals surface area contributed by atoms with Crippen LogP contribution in [0.1, 0.15) is 61.1 Å². The third kappa shape index (κ3) is 6.03. The van der Waals surface area contributed by atoms with Crippen LogP contribution in [0.2, 0.25) is 0 Å². The molecule has 7 heteroatoms. The standard InChI is InChI=1S/C29H33N3O4/c1-3-36-24-17-15-21(16-18-24)27(28(33)31-22-10-5-4-6-11-22)32(23-12-9-13-25(20-23)35-2)29(34)26-14-7-8-19-30-26/h7-9,12-20,22,27H,3-6,10-11H2,1-2H3,(H,31,33)/t27-/m1/s1. The Morgan fingerprint density at radius 1 is 1.00 bits per heavy atom. The first-order valence-electron chi connectivity index (χ1n) is 12.5. The van der Waals surface area contributed by atoms with Gasteiger partial charge in [-0.25, -0.2) is 0 Å². The first kappa shape index (κ1) is 25.2. The lowest BCUT2D eigenvalue weighted by atomic mass is 9.94. The van der Waals surface area contributed by atoms with Crippen LogP contribution in [-0.4, -0.2) is 36.6 Å². The van der Waals surface area contributed by atoms with E-state index in [1.807, 2.05) is 31.2 Å². The van der Waals surface area contributed by atoms with Gasteiger partial charge in [0, 0.05) is 24.0 Å². The van der Waals surface area contributed by atoms with Gasteiger partial charge in [-0.05, 0) is 61.7 Å². The van der Waals surface area contributed by atoms with Gasteiger partial charge in [0.05, 0.1) is 13.7 Å². The molecule has 0 unspecified atom stereocenters. The van der Waals surface area contributed by atoms with Crippen LogP contribution in [0.5, 0.6) is 11.5 Å². The van der Waals surface area contributed by atoms with Gasteiger partial charge in [0.1, 0.15) is 23.2 Å². The number of ether oxygens (including phenoxy) is 2. The van der Waals surface area contributed by atoms with Gasteiger partial charge in [-0.3, -0.25) is 19.5 Å². The molecule has 1 fully saturated rings. The Bertz CT molecular complexity index is 1140. The largest absolute Gasteiger partial charge is 0.497 e. The molecule has 36 heavy (non-hydrogen) atoms. The van der Waals surface area contributed by atoms with Gasteiger partial charge < -0.3 is 14.8 Å². The fraction of sp³-hybridized carbons (Fsp3) is 0.345. The smallest absolute Gasteiger partial charge is 0.277 e. The monoisotopic (exact) mass is 487 g/mol. The lowest BCUT2D eigenvalue weighted by molar-refractivity contribution is -0.123. The number of benzene rings is 2. The molecule has 188 valence electrons. The first-order chi connectivity index (χ1) is 17.6. The first-order valence-corrected chi connectivity index (χ1v) is 12.5. The maximum absolute atomic E-state index is 13.9. The Morgan fingerprint density at radius 2 is 1.78 bits per heavy atom. The van der Waals surface area contributed by atoms with Crippen LogP contribution < -0.4 is 19.7 Å². The molecule has 0 aliphatic heterocycles. The SMILES string of the molecule is CCOc1ccc([C@H](C(=O)NC2CCCCC2)N(C(=O)c2ccccn2)c2cccc(OC)c2)cc1. The lowest BCUT2D eigenvalue weighted by Gasteiger charge is -2.33. The third-order valence-electron chi connectivity index (χ3n) is 6.40. The predicted molar refractivity (Wildman–Crippen MR) is 139 cm³/mol. The number of aromatic nitrogens is 1. The number of pyridine rings is 1. The Morgan fingerprint density at radius 3 is 2.44 bits per heavy atom. The molecule has 1 N–H and O–H groups in total. The molecule has 0 bridgehead atoms. The zero-order valence-corrected chi connectivity index (χ0v) is 20.9. The fourth-order valence-corrected chi connectivity index (χ4v) is 4.61. The van der Waals surface area contributed by atoms with E-state index in [1.54, 1.807) is 55.8 Å². The summed E-state index contributed by atoms with van der Waals surface area (Å²) in [6.07, 6.45) is 6.81. The minimum Gasteiger partial charge on any atom is -0.497 e. The molecule has 2 amide bonds. The van der Waals surface area contributed by atoms with Crippen LogP contribution in [-0.2, 0) is 4.79 Å². The Balaban J connectivity index is 1.80. The molecule has 2 aromatic carbocycles. The highest BCUT2D eigenvalue weighted by atomic mass is 16.5. The van der Waals surface area contributed by atoms with E-state index in [-0.39, 0.29) is 23.6 Å². The zero-order valence-electron chi connectivity index (χ0n) is 20.9. The molecule has 0 saturated heterocycles. The van der Waals surface area contributed by atoms with Crippen molar-refractivity contribution < 1.29 is 19.1 Å². The third-order valence-corrected chi connectivity index (χ3v) is 6.40. The van der Waals surface area contributed by atoms with Crippen LogP contribution in [0, 0.1) is 0 Å². The Hall–Kier alpha value is -3.87. The van der Waals surface area contributed by atoms with Gasteiger partial charge >= 0.3 is 0 Å². The Labute approximate surface area is 212 Å². The molecule has 3 aromatic rings. The van der Waals surface area contributed by atoms with Crippen LogP contribution >= 0.6 is 0 Å². The fourth-order valence-electron chi connectivity index (χ4n) is 4.61. The molecule has 1 aliphatic carbocycles. The highest BCUT2D eigenvalue weighted by molar-refractivity contribution is 6.09. The molecule has 1 aromatic heterocycles. The van der Waals surface area contributed by atoms with Gasteiger partial charge in [0.2, 0.25) is 5.91 Å². The van der Waals surface area contributed by atoms with Crippen LogP contribution in [0.3, 0.4) is 0 Å². The molecule has 0 spiro atoms. The number of methoxy groups -OCH3 is 1. The quantitative estimate of drug-likeness (QED) is 0.442.